The summed E-state index contributed by atoms with van der Waals surface area (Å²) in [5.74, 6) is 0.199. The smallest absolute Gasteiger partial charge is 0.239 e. The van der Waals surface area contributed by atoms with E-state index in [1.807, 2.05) is 31.3 Å². The monoisotopic (exact) mass is 296 g/mol. The zero-order chi connectivity index (χ0) is 12.3. The number of halogens is 1. The van der Waals surface area contributed by atoms with Gasteiger partial charge in [0.15, 0.2) is 0 Å². The Morgan fingerprint density at radius 3 is 2.76 bits per heavy atom. The van der Waals surface area contributed by atoms with Gasteiger partial charge in [-0.1, -0.05) is 28.1 Å². The fraction of sp³-hybridized carbons (Fsp3) is 0.462. The maximum atomic E-state index is 12.1. The highest BCUT2D eigenvalue weighted by Crippen LogP contribution is 2.13. The van der Waals surface area contributed by atoms with E-state index in [-0.39, 0.29) is 11.9 Å². The minimum Gasteiger partial charge on any atom is -0.340 e. The molecule has 0 spiro atoms. The van der Waals surface area contributed by atoms with Gasteiger partial charge in [0.05, 0.1) is 6.04 Å². The number of hydrogen-bond acceptors (Lipinski definition) is 2. The van der Waals surface area contributed by atoms with Crippen molar-refractivity contribution < 1.29 is 4.79 Å². The normalized spacial score (nSPS) is 19.3. The van der Waals surface area contributed by atoms with Crippen LogP contribution in [-0.4, -0.2) is 30.4 Å². The summed E-state index contributed by atoms with van der Waals surface area (Å²) in [6.45, 7) is 1.63. The second-order valence-corrected chi connectivity index (χ2v) is 5.39. The molecule has 0 radical (unpaired) electrons. The van der Waals surface area contributed by atoms with Crippen LogP contribution in [-0.2, 0) is 11.3 Å². The van der Waals surface area contributed by atoms with Gasteiger partial charge in [0.25, 0.3) is 0 Å². The van der Waals surface area contributed by atoms with Crippen LogP contribution in [0.5, 0.6) is 0 Å². The summed E-state index contributed by atoms with van der Waals surface area (Å²) in [6, 6.07) is 8.10. The SMILES string of the molecule is CN(Cc1ccc(Br)cc1)C(=O)[C@@H]1CCCN1. The zero-order valence-electron chi connectivity index (χ0n) is 9.95. The molecule has 1 heterocycles. The predicted octanol–water partition coefficient (Wildman–Crippen LogP) is 2.16. The molecule has 92 valence electrons. The van der Waals surface area contributed by atoms with Gasteiger partial charge in [-0.15, -0.1) is 0 Å². The largest absolute Gasteiger partial charge is 0.340 e. The molecule has 3 nitrogen and oxygen atoms in total. The Morgan fingerprint density at radius 1 is 1.47 bits per heavy atom. The number of carbonyl (C=O) groups excluding carboxylic acids is 1. The van der Waals surface area contributed by atoms with E-state index in [2.05, 4.69) is 21.2 Å². The van der Waals surface area contributed by atoms with Gasteiger partial charge in [-0.3, -0.25) is 4.79 Å². The molecule has 17 heavy (non-hydrogen) atoms. The maximum absolute atomic E-state index is 12.1. The van der Waals surface area contributed by atoms with Crippen LogP contribution in [0.25, 0.3) is 0 Å². The summed E-state index contributed by atoms with van der Waals surface area (Å²) < 4.78 is 1.06. The zero-order valence-corrected chi connectivity index (χ0v) is 11.5. The molecule has 1 aromatic carbocycles. The molecule has 0 unspecified atom stereocenters. The second kappa shape index (κ2) is 5.65. The Hall–Kier alpha value is -0.870. The van der Waals surface area contributed by atoms with E-state index in [1.165, 1.54) is 0 Å². The highest BCUT2D eigenvalue weighted by molar-refractivity contribution is 9.10. The average molecular weight is 297 g/mol. The van der Waals surface area contributed by atoms with E-state index in [9.17, 15) is 4.79 Å². The molecule has 1 aliphatic heterocycles. The lowest BCUT2D eigenvalue weighted by molar-refractivity contribution is -0.132. The van der Waals surface area contributed by atoms with Crippen molar-refractivity contribution in [3.8, 4) is 0 Å². The van der Waals surface area contributed by atoms with Gasteiger partial charge in [-0.25, -0.2) is 0 Å². The van der Waals surface area contributed by atoms with Crippen LogP contribution < -0.4 is 5.32 Å². The van der Waals surface area contributed by atoms with Crippen molar-refractivity contribution in [2.75, 3.05) is 13.6 Å². The van der Waals surface area contributed by atoms with Gasteiger partial charge >= 0.3 is 0 Å². The van der Waals surface area contributed by atoms with Crippen LogP contribution >= 0.6 is 15.9 Å². The molecule has 1 saturated heterocycles. The minimum absolute atomic E-state index is 0.0236. The van der Waals surface area contributed by atoms with Crippen molar-refractivity contribution in [3.63, 3.8) is 0 Å². The van der Waals surface area contributed by atoms with Gasteiger partial charge in [0, 0.05) is 18.1 Å². The van der Waals surface area contributed by atoms with Crippen LogP contribution in [0.2, 0.25) is 0 Å². The first-order chi connectivity index (χ1) is 8.16. The van der Waals surface area contributed by atoms with E-state index >= 15 is 0 Å². The summed E-state index contributed by atoms with van der Waals surface area (Å²) in [7, 11) is 1.87. The molecule has 1 atom stereocenters. The molecule has 1 amide bonds. The number of carbonyl (C=O) groups is 1. The van der Waals surface area contributed by atoms with Crippen molar-refractivity contribution in [1.29, 1.82) is 0 Å². The van der Waals surface area contributed by atoms with E-state index in [1.54, 1.807) is 4.90 Å². The fourth-order valence-electron chi connectivity index (χ4n) is 2.10. The molecule has 4 heteroatoms. The highest BCUT2D eigenvalue weighted by atomic mass is 79.9. The summed E-state index contributed by atoms with van der Waals surface area (Å²) in [5, 5.41) is 3.23. The molecular formula is C13H17BrN2O. The lowest BCUT2D eigenvalue weighted by atomic mass is 10.1. The third-order valence-corrected chi connectivity index (χ3v) is 3.60. The molecule has 0 aromatic heterocycles. The average Bonchev–Trinajstić information content (AvgIpc) is 2.84. The maximum Gasteiger partial charge on any atom is 0.239 e. The number of likely N-dealkylation sites (N-methyl/N-ethyl adjacent to an activating group) is 1. The van der Waals surface area contributed by atoms with Gasteiger partial charge in [-0.05, 0) is 37.1 Å². The van der Waals surface area contributed by atoms with Crippen LogP contribution in [0.15, 0.2) is 28.7 Å². The van der Waals surface area contributed by atoms with Gasteiger partial charge < -0.3 is 10.2 Å². The third-order valence-electron chi connectivity index (χ3n) is 3.07. The fourth-order valence-corrected chi connectivity index (χ4v) is 2.37. The van der Waals surface area contributed by atoms with E-state index in [0.717, 1.165) is 29.4 Å². The summed E-state index contributed by atoms with van der Waals surface area (Å²) in [5.41, 5.74) is 1.15. The Morgan fingerprint density at radius 2 is 2.18 bits per heavy atom. The van der Waals surface area contributed by atoms with E-state index in [4.69, 9.17) is 0 Å². The van der Waals surface area contributed by atoms with Crippen molar-refractivity contribution in [3.05, 3.63) is 34.3 Å². The Balaban J connectivity index is 1.93. The van der Waals surface area contributed by atoms with Crippen LogP contribution in [0.1, 0.15) is 18.4 Å². The summed E-state index contributed by atoms with van der Waals surface area (Å²) >= 11 is 3.40. The van der Waals surface area contributed by atoms with Crippen molar-refractivity contribution in [2.45, 2.75) is 25.4 Å². The van der Waals surface area contributed by atoms with Crippen LogP contribution in [0.3, 0.4) is 0 Å². The molecule has 2 rings (SSSR count). The van der Waals surface area contributed by atoms with Crippen molar-refractivity contribution in [2.24, 2.45) is 0 Å². The van der Waals surface area contributed by atoms with Gasteiger partial charge in [0.1, 0.15) is 0 Å². The van der Waals surface area contributed by atoms with Crippen molar-refractivity contribution in [1.82, 2.24) is 10.2 Å². The first-order valence-corrected chi connectivity index (χ1v) is 6.69. The Bertz CT molecular complexity index is 385. The number of hydrogen-bond donors (Lipinski definition) is 1. The van der Waals surface area contributed by atoms with Gasteiger partial charge in [0.2, 0.25) is 5.91 Å². The summed E-state index contributed by atoms with van der Waals surface area (Å²) in [4.78, 5) is 13.9. The molecule has 1 aromatic rings. The van der Waals surface area contributed by atoms with Crippen molar-refractivity contribution >= 4 is 21.8 Å². The first kappa shape index (κ1) is 12.6. The molecular weight excluding hydrogens is 280 g/mol. The number of nitrogens with one attached hydrogen (secondary N) is 1. The van der Waals surface area contributed by atoms with Gasteiger partial charge in [-0.2, -0.15) is 0 Å². The minimum atomic E-state index is 0.0236. The topological polar surface area (TPSA) is 32.3 Å². The molecule has 0 saturated carbocycles. The number of rotatable bonds is 3. The van der Waals surface area contributed by atoms with E-state index in [0.29, 0.717) is 6.54 Å². The molecule has 1 N–H and O–H groups in total. The first-order valence-electron chi connectivity index (χ1n) is 5.89. The lowest BCUT2D eigenvalue weighted by Crippen LogP contribution is -2.41. The van der Waals surface area contributed by atoms with Crippen LogP contribution in [0, 0.1) is 0 Å². The molecule has 0 aliphatic carbocycles. The quantitative estimate of drug-likeness (QED) is 0.927. The molecule has 0 bridgehead atoms. The standard InChI is InChI=1S/C13H17BrN2O/c1-16(13(17)12-3-2-8-15-12)9-10-4-6-11(14)7-5-10/h4-7,12,15H,2-3,8-9H2,1H3/t12-/m0/s1. The highest BCUT2D eigenvalue weighted by Gasteiger charge is 2.24. The molecule has 1 aliphatic rings. The number of nitrogens with zero attached hydrogens (tertiary/aromatic N) is 1. The Labute approximate surface area is 110 Å². The molecule has 1 fully saturated rings. The summed E-state index contributed by atoms with van der Waals surface area (Å²) in [6.07, 6.45) is 2.06. The lowest BCUT2D eigenvalue weighted by Gasteiger charge is -2.21. The Kier molecular flexibility index (Phi) is 4.18. The van der Waals surface area contributed by atoms with E-state index < -0.39 is 0 Å². The van der Waals surface area contributed by atoms with Crippen LogP contribution in [0.4, 0.5) is 0 Å². The number of amides is 1. The predicted molar refractivity (Wildman–Crippen MR) is 71.6 cm³/mol. The second-order valence-electron chi connectivity index (χ2n) is 4.47. The third kappa shape index (κ3) is 3.30. The number of benzene rings is 1.